The lowest BCUT2D eigenvalue weighted by molar-refractivity contribution is 0.396. The van der Waals surface area contributed by atoms with Crippen LogP contribution in [0.15, 0.2) is 18.2 Å². The number of hydrogen-bond acceptors (Lipinski definition) is 6. The van der Waals surface area contributed by atoms with Crippen LogP contribution in [0.1, 0.15) is 35.0 Å². The molecule has 0 amide bonds. The molecule has 1 atom stereocenters. The topological polar surface area (TPSA) is 59.5 Å². The third kappa shape index (κ3) is 3.09. The zero-order valence-electron chi connectivity index (χ0n) is 15.7. The van der Waals surface area contributed by atoms with Crippen LogP contribution in [-0.4, -0.2) is 43.8 Å². The molecule has 1 aromatic heterocycles. The fraction of sp³-hybridized carbons (Fsp3) is 0.500. The molecule has 2 aliphatic rings. The summed E-state index contributed by atoms with van der Waals surface area (Å²) in [6.45, 7) is 5.76. The molecule has 6 heteroatoms. The molecule has 0 aliphatic carbocycles. The molecular weight excluding hydrogens is 328 g/mol. The molecule has 138 valence electrons. The molecule has 1 aromatic carbocycles. The van der Waals surface area contributed by atoms with Crippen molar-refractivity contribution in [2.24, 2.45) is 0 Å². The predicted octanol–water partition coefficient (Wildman–Crippen LogP) is 2.44. The van der Waals surface area contributed by atoms with Crippen molar-refractivity contribution >= 4 is 5.82 Å². The molecule has 26 heavy (non-hydrogen) atoms. The maximum Gasteiger partial charge on any atom is 0.135 e. The van der Waals surface area contributed by atoms with Crippen molar-refractivity contribution in [3.63, 3.8) is 0 Å². The molecule has 3 heterocycles. The maximum absolute atomic E-state index is 5.60. The Balaban J connectivity index is 1.63. The summed E-state index contributed by atoms with van der Waals surface area (Å²) >= 11 is 0. The second kappa shape index (κ2) is 7.11. The summed E-state index contributed by atoms with van der Waals surface area (Å²) in [5.41, 5.74) is 3.68. The number of fused-ring (bicyclic) bond motifs is 1. The van der Waals surface area contributed by atoms with E-state index in [0.29, 0.717) is 5.92 Å². The Kier molecular flexibility index (Phi) is 4.68. The Labute approximate surface area is 154 Å². The number of benzene rings is 1. The van der Waals surface area contributed by atoms with E-state index in [2.05, 4.69) is 21.3 Å². The summed E-state index contributed by atoms with van der Waals surface area (Å²) in [5.74, 6) is 4.19. The van der Waals surface area contributed by atoms with Crippen molar-refractivity contribution in [3.8, 4) is 11.5 Å². The first-order valence-corrected chi connectivity index (χ1v) is 9.23. The lowest BCUT2D eigenvalue weighted by atomic mass is 9.97. The number of methoxy groups -OCH3 is 2. The number of aromatic nitrogens is 2. The summed E-state index contributed by atoms with van der Waals surface area (Å²) in [6, 6.07) is 6.06. The first kappa shape index (κ1) is 17.1. The standard InChI is InChI=1S/C20H26N4O2/c1-13-22-18-11-21-8-6-16(18)20(23-13)24-9-7-14(12-24)17-10-15(25-2)4-5-19(17)26-3/h4-5,10,14,21H,6-9,11-12H2,1-3H3/t14-/m0/s1. The highest BCUT2D eigenvalue weighted by atomic mass is 16.5. The van der Waals surface area contributed by atoms with Crippen molar-refractivity contribution < 1.29 is 9.47 Å². The normalized spacial score (nSPS) is 19.3. The van der Waals surface area contributed by atoms with E-state index in [4.69, 9.17) is 14.5 Å². The van der Waals surface area contributed by atoms with Crippen LogP contribution in [0.25, 0.3) is 0 Å². The van der Waals surface area contributed by atoms with Gasteiger partial charge in [0.15, 0.2) is 0 Å². The van der Waals surface area contributed by atoms with E-state index in [0.717, 1.165) is 67.9 Å². The minimum atomic E-state index is 0.410. The monoisotopic (exact) mass is 354 g/mol. The average molecular weight is 354 g/mol. The summed E-state index contributed by atoms with van der Waals surface area (Å²) in [5, 5.41) is 3.41. The van der Waals surface area contributed by atoms with E-state index in [9.17, 15) is 0 Å². The number of anilines is 1. The number of nitrogens with zero attached hydrogens (tertiary/aromatic N) is 3. The largest absolute Gasteiger partial charge is 0.497 e. The quantitative estimate of drug-likeness (QED) is 0.910. The Bertz CT molecular complexity index is 809. The molecule has 1 N–H and O–H groups in total. The molecule has 2 aromatic rings. The minimum Gasteiger partial charge on any atom is -0.497 e. The highest BCUT2D eigenvalue weighted by Crippen LogP contribution is 2.38. The van der Waals surface area contributed by atoms with Gasteiger partial charge in [-0.05, 0) is 44.5 Å². The zero-order valence-corrected chi connectivity index (χ0v) is 15.7. The second-order valence-corrected chi connectivity index (χ2v) is 6.99. The van der Waals surface area contributed by atoms with Crippen LogP contribution in [0.4, 0.5) is 5.82 Å². The zero-order chi connectivity index (χ0) is 18.1. The molecule has 0 bridgehead atoms. The predicted molar refractivity (Wildman–Crippen MR) is 101 cm³/mol. The van der Waals surface area contributed by atoms with Crippen molar-refractivity contribution in [1.82, 2.24) is 15.3 Å². The van der Waals surface area contributed by atoms with Crippen molar-refractivity contribution in [1.29, 1.82) is 0 Å². The van der Waals surface area contributed by atoms with Gasteiger partial charge in [-0.1, -0.05) is 0 Å². The molecule has 4 rings (SSSR count). The van der Waals surface area contributed by atoms with Crippen LogP contribution in [0.2, 0.25) is 0 Å². The molecule has 6 nitrogen and oxygen atoms in total. The number of nitrogens with one attached hydrogen (secondary N) is 1. The Morgan fingerprint density at radius 2 is 2.08 bits per heavy atom. The van der Waals surface area contributed by atoms with Crippen molar-refractivity contribution in [3.05, 3.63) is 40.8 Å². The number of hydrogen-bond donors (Lipinski definition) is 1. The van der Waals surface area contributed by atoms with Gasteiger partial charge < -0.3 is 19.7 Å². The smallest absolute Gasteiger partial charge is 0.135 e. The van der Waals surface area contributed by atoms with Gasteiger partial charge in [-0.3, -0.25) is 0 Å². The van der Waals surface area contributed by atoms with Gasteiger partial charge >= 0.3 is 0 Å². The Hall–Kier alpha value is -2.34. The second-order valence-electron chi connectivity index (χ2n) is 6.99. The fourth-order valence-electron chi connectivity index (χ4n) is 4.09. The number of ether oxygens (including phenoxy) is 2. The van der Waals surface area contributed by atoms with Crippen LogP contribution in [0, 0.1) is 6.92 Å². The van der Waals surface area contributed by atoms with Crippen LogP contribution in [0.3, 0.4) is 0 Å². The Morgan fingerprint density at radius 3 is 2.88 bits per heavy atom. The summed E-state index contributed by atoms with van der Waals surface area (Å²) in [6.07, 6.45) is 2.08. The van der Waals surface area contributed by atoms with Crippen LogP contribution in [0.5, 0.6) is 11.5 Å². The number of aryl methyl sites for hydroxylation is 1. The van der Waals surface area contributed by atoms with Gasteiger partial charge in [-0.25, -0.2) is 9.97 Å². The molecule has 0 radical (unpaired) electrons. The van der Waals surface area contributed by atoms with Crippen LogP contribution < -0.4 is 19.7 Å². The average Bonchev–Trinajstić information content (AvgIpc) is 3.16. The SMILES string of the molecule is COc1ccc(OC)c([C@H]2CCN(c3nc(C)nc4c3CCNC4)C2)c1. The highest BCUT2D eigenvalue weighted by molar-refractivity contribution is 5.53. The van der Waals surface area contributed by atoms with E-state index in [1.54, 1.807) is 14.2 Å². The van der Waals surface area contributed by atoms with Gasteiger partial charge in [-0.2, -0.15) is 0 Å². The summed E-state index contributed by atoms with van der Waals surface area (Å²) in [4.78, 5) is 11.9. The third-order valence-electron chi connectivity index (χ3n) is 5.39. The van der Waals surface area contributed by atoms with Gasteiger partial charge in [0.1, 0.15) is 23.1 Å². The van der Waals surface area contributed by atoms with Crippen LogP contribution >= 0.6 is 0 Å². The Morgan fingerprint density at radius 1 is 1.19 bits per heavy atom. The van der Waals surface area contributed by atoms with E-state index in [-0.39, 0.29) is 0 Å². The maximum atomic E-state index is 5.60. The molecule has 1 saturated heterocycles. The fourth-order valence-corrected chi connectivity index (χ4v) is 4.09. The van der Waals surface area contributed by atoms with Gasteiger partial charge in [-0.15, -0.1) is 0 Å². The van der Waals surface area contributed by atoms with Crippen molar-refractivity contribution in [2.45, 2.75) is 32.2 Å². The summed E-state index contributed by atoms with van der Waals surface area (Å²) < 4.78 is 11.0. The van der Waals surface area contributed by atoms with Crippen molar-refractivity contribution in [2.75, 3.05) is 38.8 Å². The first-order chi connectivity index (χ1) is 12.7. The van der Waals surface area contributed by atoms with Crippen LogP contribution in [-0.2, 0) is 13.0 Å². The van der Waals surface area contributed by atoms with Gasteiger partial charge in [0.05, 0.1) is 19.9 Å². The van der Waals surface area contributed by atoms with E-state index >= 15 is 0 Å². The molecule has 0 saturated carbocycles. The lowest BCUT2D eigenvalue weighted by Gasteiger charge is -2.26. The molecule has 0 unspecified atom stereocenters. The van der Waals surface area contributed by atoms with E-state index < -0.39 is 0 Å². The lowest BCUT2D eigenvalue weighted by Crippen LogP contribution is -2.30. The molecule has 2 aliphatic heterocycles. The summed E-state index contributed by atoms with van der Waals surface area (Å²) in [7, 11) is 3.44. The first-order valence-electron chi connectivity index (χ1n) is 9.23. The molecule has 1 fully saturated rings. The molecular formula is C20H26N4O2. The van der Waals surface area contributed by atoms with Gasteiger partial charge in [0.2, 0.25) is 0 Å². The minimum absolute atomic E-state index is 0.410. The van der Waals surface area contributed by atoms with Gasteiger partial charge in [0.25, 0.3) is 0 Å². The highest BCUT2D eigenvalue weighted by Gasteiger charge is 2.30. The van der Waals surface area contributed by atoms with E-state index in [1.807, 2.05) is 19.1 Å². The third-order valence-corrected chi connectivity index (χ3v) is 5.39. The molecule has 0 spiro atoms. The van der Waals surface area contributed by atoms with Gasteiger partial charge in [0, 0.05) is 36.7 Å². The number of rotatable bonds is 4. The van der Waals surface area contributed by atoms with E-state index in [1.165, 1.54) is 11.1 Å².